The van der Waals surface area contributed by atoms with Crippen molar-refractivity contribution in [2.24, 2.45) is 0 Å². The molecule has 2 heterocycles. The Morgan fingerprint density at radius 2 is 2.04 bits per heavy atom. The van der Waals surface area contributed by atoms with E-state index in [0.717, 1.165) is 0 Å². The van der Waals surface area contributed by atoms with Crippen molar-refractivity contribution in [1.29, 1.82) is 0 Å². The minimum absolute atomic E-state index is 0.0601. The molecule has 2 aromatic carbocycles. The van der Waals surface area contributed by atoms with Gasteiger partial charge in [-0.25, -0.2) is 13.2 Å². The van der Waals surface area contributed by atoms with E-state index in [1.54, 1.807) is 18.2 Å². The number of oxazole rings is 1. The van der Waals surface area contributed by atoms with Crippen molar-refractivity contribution in [1.82, 2.24) is 4.98 Å². The van der Waals surface area contributed by atoms with Crippen LogP contribution in [0.1, 0.15) is 6.92 Å². The fourth-order valence-corrected chi connectivity index (χ4v) is 3.98. The van der Waals surface area contributed by atoms with E-state index in [4.69, 9.17) is 9.15 Å². The number of amides is 1. The first-order valence-corrected chi connectivity index (χ1v) is 9.52. The summed E-state index contributed by atoms with van der Waals surface area (Å²) >= 11 is 0. The predicted octanol–water partition coefficient (Wildman–Crippen LogP) is 1.67. The van der Waals surface area contributed by atoms with Crippen molar-refractivity contribution < 1.29 is 22.4 Å². The van der Waals surface area contributed by atoms with Gasteiger partial charge in [-0.2, -0.15) is 0 Å². The van der Waals surface area contributed by atoms with Gasteiger partial charge in [0, 0.05) is 13.0 Å². The molecule has 0 bridgehead atoms. The Labute approximate surface area is 153 Å². The first-order valence-electron chi connectivity index (χ1n) is 8.04. The Morgan fingerprint density at radius 1 is 1.22 bits per heavy atom. The molecule has 0 atom stereocenters. The third-order valence-corrected chi connectivity index (χ3v) is 5.54. The predicted molar refractivity (Wildman–Crippen MR) is 97.6 cm³/mol. The van der Waals surface area contributed by atoms with Crippen LogP contribution in [-0.4, -0.2) is 32.5 Å². The van der Waals surface area contributed by atoms with E-state index in [1.807, 2.05) is 0 Å². The maximum atomic E-state index is 12.7. The molecule has 1 aliphatic heterocycles. The maximum absolute atomic E-state index is 12.7. The second-order valence-electron chi connectivity index (χ2n) is 5.98. The third kappa shape index (κ3) is 3.14. The van der Waals surface area contributed by atoms with Crippen LogP contribution in [0.4, 0.5) is 11.4 Å². The van der Waals surface area contributed by atoms with Gasteiger partial charge in [0.1, 0.15) is 12.4 Å². The van der Waals surface area contributed by atoms with Gasteiger partial charge >= 0.3 is 5.76 Å². The monoisotopic (exact) mass is 389 g/mol. The molecule has 0 saturated carbocycles. The Kier molecular flexibility index (Phi) is 3.92. The first-order chi connectivity index (χ1) is 12.8. The summed E-state index contributed by atoms with van der Waals surface area (Å²) in [4.78, 5) is 26.9. The van der Waals surface area contributed by atoms with E-state index in [-0.39, 0.29) is 22.1 Å². The number of fused-ring (bicyclic) bond motifs is 2. The number of hydrogen-bond donors (Lipinski definition) is 2. The number of anilines is 2. The van der Waals surface area contributed by atoms with E-state index >= 15 is 0 Å². The van der Waals surface area contributed by atoms with Gasteiger partial charge in [0.2, 0.25) is 5.91 Å². The van der Waals surface area contributed by atoms with Crippen LogP contribution in [-0.2, 0) is 14.8 Å². The summed E-state index contributed by atoms with van der Waals surface area (Å²) in [6.45, 7) is 2.20. The number of nitrogens with zero attached hydrogens (tertiary/aromatic N) is 1. The molecule has 1 amide bonds. The smallest absolute Gasteiger partial charge is 0.417 e. The summed E-state index contributed by atoms with van der Waals surface area (Å²) in [5, 5.41) is 0. The summed E-state index contributed by atoms with van der Waals surface area (Å²) in [6.07, 6.45) is 0. The van der Waals surface area contributed by atoms with Crippen LogP contribution in [0.3, 0.4) is 0 Å². The lowest BCUT2D eigenvalue weighted by Crippen LogP contribution is -2.36. The molecule has 9 nitrogen and oxygen atoms in total. The van der Waals surface area contributed by atoms with E-state index in [0.29, 0.717) is 30.1 Å². The fourth-order valence-electron chi connectivity index (χ4n) is 2.92. The molecule has 27 heavy (non-hydrogen) atoms. The normalized spacial score (nSPS) is 13.9. The van der Waals surface area contributed by atoms with Gasteiger partial charge in [-0.3, -0.25) is 14.5 Å². The van der Waals surface area contributed by atoms with Crippen molar-refractivity contribution in [3.05, 3.63) is 46.9 Å². The van der Waals surface area contributed by atoms with Gasteiger partial charge < -0.3 is 14.1 Å². The zero-order valence-corrected chi connectivity index (χ0v) is 15.0. The standard InChI is InChI=1S/C17H15N3O6S/c1-10(21)20-6-7-25-15-5-2-11(8-14(15)20)19-27(23,24)12-3-4-13-16(9-12)26-17(22)18-13/h2-5,8-9,19H,6-7H2,1H3,(H,18,22). The Bertz CT molecular complexity index is 1210. The molecule has 4 rings (SSSR count). The summed E-state index contributed by atoms with van der Waals surface area (Å²) < 4.78 is 38.2. The number of nitrogens with one attached hydrogen (secondary N) is 2. The molecule has 0 spiro atoms. The molecule has 3 aromatic rings. The van der Waals surface area contributed by atoms with Gasteiger partial charge in [0.15, 0.2) is 5.58 Å². The summed E-state index contributed by atoms with van der Waals surface area (Å²) in [7, 11) is -3.93. The van der Waals surface area contributed by atoms with Crippen molar-refractivity contribution in [3.63, 3.8) is 0 Å². The van der Waals surface area contributed by atoms with Crippen molar-refractivity contribution in [2.45, 2.75) is 11.8 Å². The molecular formula is C17H15N3O6S. The highest BCUT2D eigenvalue weighted by Gasteiger charge is 2.23. The zero-order chi connectivity index (χ0) is 19.2. The molecule has 0 unspecified atom stereocenters. The van der Waals surface area contributed by atoms with Gasteiger partial charge in [-0.15, -0.1) is 0 Å². The Morgan fingerprint density at radius 3 is 2.81 bits per heavy atom. The minimum Gasteiger partial charge on any atom is -0.490 e. The average Bonchev–Trinajstić information content (AvgIpc) is 2.99. The number of rotatable bonds is 3. The van der Waals surface area contributed by atoms with Crippen LogP contribution in [0, 0.1) is 0 Å². The molecule has 0 saturated heterocycles. The molecule has 1 aliphatic rings. The largest absolute Gasteiger partial charge is 0.490 e. The highest BCUT2D eigenvalue weighted by Crippen LogP contribution is 2.35. The average molecular weight is 389 g/mol. The van der Waals surface area contributed by atoms with Gasteiger partial charge in [0.05, 0.1) is 28.3 Å². The molecule has 10 heteroatoms. The van der Waals surface area contributed by atoms with Crippen molar-refractivity contribution >= 4 is 38.4 Å². The van der Waals surface area contributed by atoms with E-state index in [2.05, 4.69) is 9.71 Å². The minimum atomic E-state index is -3.93. The number of benzene rings is 2. The number of aromatic amines is 1. The first kappa shape index (κ1) is 17.2. The zero-order valence-electron chi connectivity index (χ0n) is 14.2. The van der Waals surface area contributed by atoms with Crippen LogP contribution in [0.5, 0.6) is 5.75 Å². The molecule has 0 fully saturated rings. The van der Waals surface area contributed by atoms with Gasteiger partial charge in [0.25, 0.3) is 10.0 Å². The van der Waals surface area contributed by atoms with Crippen molar-refractivity contribution in [3.8, 4) is 5.75 Å². The van der Waals surface area contributed by atoms with E-state index in [9.17, 15) is 18.0 Å². The molecule has 140 valence electrons. The fraction of sp³-hybridized carbons (Fsp3) is 0.176. The topological polar surface area (TPSA) is 122 Å². The lowest BCUT2D eigenvalue weighted by atomic mass is 10.2. The highest BCUT2D eigenvalue weighted by molar-refractivity contribution is 7.92. The molecular weight excluding hydrogens is 374 g/mol. The number of aromatic nitrogens is 1. The SMILES string of the molecule is CC(=O)N1CCOc2ccc(NS(=O)(=O)c3ccc4[nH]c(=O)oc4c3)cc21. The molecule has 0 radical (unpaired) electrons. The third-order valence-electron chi connectivity index (χ3n) is 4.16. The Hall–Kier alpha value is -3.27. The number of carbonyl (C=O) groups excluding carboxylic acids is 1. The van der Waals surface area contributed by atoms with Crippen molar-refractivity contribution in [2.75, 3.05) is 22.8 Å². The maximum Gasteiger partial charge on any atom is 0.417 e. The Balaban J connectivity index is 1.69. The number of sulfonamides is 1. The summed E-state index contributed by atoms with van der Waals surface area (Å²) in [5.41, 5.74) is 1.33. The van der Waals surface area contributed by atoms with Crippen LogP contribution >= 0.6 is 0 Å². The van der Waals surface area contributed by atoms with Gasteiger partial charge in [-0.1, -0.05) is 0 Å². The van der Waals surface area contributed by atoms with Crippen LogP contribution in [0.25, 0.3) is 11.1 Å². The van der Waals surface area contributed by atoms with Crippen LogP contribution in [0.2, 0.25) is 0 Å². The summed E-state index contributed by atoms with van der Waals surface area (Å²) in [5.74, 6) is -0.311. The number of carbonyl (C=O) groups is 1. The number of H-pyrrole nitrogens is 1. The highest BCUT2D eigenvalue weighted by atomic mass is 32.2. The molecule has 0 aliphatic carbocycles. The lowest BCUT2D eigenvalue weighted by molar-refractivity contribution is -0.116. The van der Waals surface area contributed by atoms with Crippen LogP contribution < -0.4 is 20.1 Å². The van der Waals surface area contributed by atoms with Gasteiger partial charge in [-0.05, 0) is 30.3 Å². The molecule has 2 N–H and O–H groups in total. The molecule has 1 aromatic heterocycles. The van der Waals surface area contributed by atoms with E-state index < -0.39 is 15.8 Å². The summed E-state index contributed by atoms with van der Waals surface area (Å²) in [6, 6.07) is 8.78. The van der Waals surface area contributed by atoms with Crippen LogP contribution in [0.15, 0.2) is 50.5 Å². The second-order valence-corrected chi connectivity index (χ2v) is 7.66. The number of hydrogen-bond acceptors (Lipinski definition) is 6. The quantitative estimate of drug-likeness (QED) is 0.703. The lowest BCUT2D eigenvalue weighted by Gasteiger charge is -2.29. The number of ether oxygens (including phenoxy) is 1. The second kappa shape index (κ2) is 6.16. The van der Waals surface area contributed by atoms with E-state index in [1.165, 1.54) is 30.0 Å².